The van der Waals surface area contributed by atoms with Crippen LogP contribution in [0.5, 0.6) is 0 Å². The Bertz CT molecular complexity index is 706. The number of nitrogens with zero attached hydrogens (tertiary/aromatic N) is 1. The minimum Gasteiger partial charge on any atom is -0.389 e. The number of hydrogen-bond donors (Lipinski definition) is 2. The number of anilines is 2. The number of halogens is 5. The zero-order valence-electron chi connectivity index (χ0n) is 10.1. The summed E-state index contributed by atoms with van der Waals surface area (Å²) in [5.74, 6) is -10.3. The third kappa shape index (κ3) is 2.64. The zero-order chi connectivity index (χ0) is 15.7. The molecule has 0 unspecified atom stereocenters. The van der Waals surface area contributed by atoms with Crippen LogP contribution in [0.15, 0.2) is 18.5 Å². The van der Waals surface area contributed by atoms with Crippen LogP contribution in [0.25, 0.3) is 0 Å². The molecule has 1 aromatic heterocycles. The van der Waals surface area contributed by atoms with Gasteiger partial charge >= 0.3 is 0 Å². The number of thiocarbonyl (C=S) groups is 1. The monoisotopic (exact) mass is 319 g/mol. The average molecular weight is 319 g/mol. The van der Waals surface area contributed by atoms with Crippen LogP contribution in [-0.4, -0.2) is 9.97 Å². The first-order chi connectivity index (χ1) is 9.84. The average Bonchev–Trinajstić information content (AvgIpc) is 2.48. The molecule has 0 spiro atoms. The summed E-state index contributed by atoms with van der Waals surface area (Å²) in [5.41, 5.74) is 4.24. The van der Waals surface area contributed by atoms with Gasteiger partial charge in [0, 0.05) is 11.8 Å². The molecule has 1 aromatic carbocycles. The molecule has 9 heteroatoms. The summed E-state index contributed by atoms with van der Waals surface area (Å²) < 4.78 is 66.2. The van der Waals surface area contributed by atoms with Crippen molar-refractivity contribution in [2.45, 2.75) is 0 Å². The first kappa shape index (κ1) is 15.1. The van der Waals surface area contributed by atoms with Gasteiger partial charge in [0.05, 0.1) is 11.9 Å². The Hall–Kier alpha value is -2.29. The Kier molecular flexibility index (Phi) is 4.03. The molecule has 0 aliphatic rings. The lowest BCUT2D eigenvalue weighted by Crippen LogP contribution is -2.14. The third-order valence-electron chi connectivity index (χ3n) is 2.56. The van der Waals surface area contributed by atoms with Crippen LogP contribution in [-0.2, 0) is 0 Å². The van der Waals surface area contributed by atoms with Gasteiger partial charge in [-0.05, 0) is 6.07 Å². The summed E-state index contributed by atoms with van der Waals surface area (Å²) in [6.45, 7) is 0. The van der Waals surface area contributed by atoms with E-state index in [9.17, 15) is 22.0 Å². The molecule has 0 amide bonds. The largest absolute Gasteiger partial charge is 0.389 e. The van der Waals surface area contributed by atoms with E-state index in [1.165, 1.54) is 12.3 Å². The van der Waals surface area contributed by atoms with Gasteiger partial charge in [0.2, 0.25) is 5.82 Å². The number of benzene rings is 1. The second-order valence-electron chi connectivity index (χ2n) is 3.86. The maximum atomic E-state index is 13.6. The van der Waals surface area contributed by atoms with E-state index in [4.69, 9.17) is 18.0 Å². The lowest BCUT2D eigenvalue weighted by molar-refractivity contribution is 0.382. The maximum absolute atomic E-state index is 13.6. The molecule has 0 saturated heterocycles. The molecule has 3 nitrogen and oxygen atoms in total. The summed E-state index contributed by atoms with van der Waals surface area (Å²) in [4.78, 5) is 3.53. The second kappa shape index (κ2) is 5.60. The minimum absolute atomic E-state index is 0.0896. The van der Waals surface area contributed by atoms with Crippen LogP contribution in [0.4, 0.5) is 33.3 Å². The summed E-state index contributed by atoms with van der Waals surface area (Å²) in [7, 11) is 0. The summed E-state index contributed by atoms with van der Waals surface area (Å²) in [5, 5.41) is 2.07. The topological polar surface area (TPSA) is 50.9 Å². The van der Waals surface area contributed by atoms with E-state index in [-0.39, 0.29) is 16.2 Å². The Morgan fingerprint density at radius 3 is 2.05 bits per heavy atom. The van der Waals surface area contributed by atoms with Gasteiger partial charge in [-0.25, -0.2) is 22.0 Å². The highest BCUT2D eigenvalue weighted by Gasteiger charge is 2.26. The van der Waals surface area contributed by atoms with Crippen molar-refractivity contribution in [3.8, 4) is 0 Å². The highest BCUT2D eigenvalue weighted by atomic mass is 32.1. The first-order valence-electron chi connectivity index (χ1n) is 5.36. The summed E-state index contributed by atoms with van der Waals surface area (Å²) in [6, 6.07) is 1.33. The fourth-order valence-corrected chi connectivity index (χ4v) is 1.74. The van der Waals surface area contributed by atoms with Gasteiger partial charge in [-0.2, -0.15) is 0 Å². The summed E-state index contributed by atoms with van der Waals surface area (Å²) >= 11 is 4.72. The van der Waals surface area contributed by atoms with E-state index < -0.39 is 34.8 Å². The van der Waals surface area contributed by atoms with Crippen molar-refractivity contribution in [3.05, 3.63) is 53.1 Å². The number of hydrogen-bond acceptors (Lipinski definition) is 3. The molecule has 0 radical (unpaired) electrons. The molecule has 0 aliphatic carbocycles. The molecule has 1 heterocycles. The van der Waals surface area contributed by atoms with Gasteiger partial charge in [-0.1, -0.05) is 12.2 Å². The predicted molar refractivity (Wildman–Crippen MR) is 69.6 cm³/mol. The molecule has 110 valence electrons. The van der Waals surface area contributed by atoms with E-state index in [0.29, 0.717) is 0 Å². The second-order valence-corrected chi connectivity index (χ2v) is 4.30. The quantitative estimate of drug-likeness (QED) is 0.395. The van der Waals surface area contributed by atoms with Crippen LogP contribution >= 0.6 is 12.2 Å². The molecule has 2 aromatic rings. The van der Waals surface area contributed by atoms with Gasteiger partial charge in [-0.3, -0.25) is 4.98 Å². The van der Waals surface area contributed by atoms with Gasteiger partial charge in [0.1, 0.15) is 10.7 Å². The van der Waals surface area contributed by atoms with E-state index in [2.05, 4.69) is 10.3 Å². The molecule has 3 N–H and O–H groups in total. The van der Waals surface area contributed by atoms with Crippen LogP contribution in [0, 0.1) is 29.1 Å². The summed E-state index contributed by atoms with van der Waals surface area (Å²) in [6.07, 6.45) is 2.39. The minimum atomic E-state index is -2.24. The number of pyridine rings is 1. The SMILES string of the molecule is NC(=S)c1ccncc1Nc1c(F)c(F)c(F)c(F)c1F. The molecule has 0 bridgehead atoms. The number of aromatic nitrogens is 1. The van der Waals surface area contributed by atoms with Crippen molar-refractivity contribution < 1.29 is 22.0 Å². The van der Waals surface area contributed by atoms with Crippen molar-refractivity contribution in [2.24, 2.45) is 5.73 Å². The highest BCUT2D eigenvalue weighted by Crippen LogP contribution is 2.30. The van der Waals surface area contributed by atoms with Crippen molar-refractivity contribution >= 4 is 28.6 Å². The van der Waals surface area contributed by atoms with E-state index >= 15 is 0 Å². The fourth-order valence-electron chi connectivity index (χ4n) is 1.56. The van der Waals surface area contributed by atoms with Crippen molar-refractivity contribution in [1.82, 2.24) is 4.98 Å². The molecule has 2 rings (SSSR count). The maximum Gasteiger partial charge on any atom is 0.200 e. The van der Waals surface area contributed by atoms with Gasteiger partial charge < -0.3 is 11.1 Å². The van der Waals surface area contributed by atoms with Crippen LogP contribution < -0.4 is 11.1 Å². The lowest BCUT2D eigenvalue weighted by Gasteiger charge is -2.13. The number of nitrogens with two attached hydrogens (primary N) is 1. The molecular weight excluding hydrogens is 313 g/mol. The van der Waals surface area contributed by atoms with Crippen LogP contribution in [0.2, 0.25) is 0 Å². The van der Waals surface area contributed by atoms with Crippen molar-refractivity contribution in [2.75, 3.05) is 5.32 Å². The smallest absolute Gasteiger partial charge is 0.200 e. The Morgan fingerprint density at radius 1 is 1.00 bits per heavy atom. The lowest BCUT2D eigenvalue weighted by atomic mass is 10.2. The zero-order valence-corrected chi connectivity index (χ0v) is 10.9. The third-order valence-corrected chi connectivity index (χ3v) is 2.78. The van der Waals surface area contributed by atoms with Crippen molar-refractivity contribution in [1.29, 1.82) is 0 Å². The molecule has 0 atom stereocenters. The van der Waals surface area contributed by atoms with Gasteiger partial charge in [0.25, 0.3) is 0 Å². The predicted octanol–water partition coefficient (Wildman–Crippen LogP) is 3.15. The first-order valence-corrected chi connectivity index (χ1v) is 5.77. The Balaban J connectivity index is 2.58. The molecule has 0 fully saturated rings. The van der Waals surface area contributed by atoms with Crippen LogP contribution in [0.1, 0.15) is 5.56 Å². The fraction of sp³-hybridized carbons (Fsp3) is 0. The van der Waals surface area contributed by atoms with E-state index in [1.807, 2.05) is 0 Å². The number of nitrogens with one attached hydrogen (secondary N) is 1. The number of rotatable bonds is 3. The standard InChI is InChI=1S/C12H6F5N3S/c13-6-7(14)9(16)11(10(17)8(6)15)20-5-3-19-2-1-4(5)12(18)21/h1-3,20H,(H2,18,21). The highest BCUT2D eigenvalue weighted by molar-refractivity contribution is 7.80. The molecule has 0 saturated carbocycles. The van der Waals surface area contributed by atoms with Crippen LogP contribution in [0.3, 0.4) is 0 Å². The van der Waals surface area contributed by atoms with Gasteiger partial charge in [-0.15, -0.1) is 0 Å². The normalized spacial score (nSPS) is 10.5. The molecular formula is C12H6F5N3S. The van der Waals surface area contributed by atoms with E-state index in [0.717, 1.165) is 6.20 Å². The van der Waals surface area contributed by atoms with Gasteiger partial charge in [0.15, 0.2) is 23.3 Å². The Morgan fingerprint density at radius 2 is 1.52 bits per heavy atom. The van der Waals surface area contributed by atoms with Crippen molar-refractivity contribution in [3.63, 3.8) is 0 Å². The molecule has 0 aliphatic heterocycles. The van der Waals surface area contributed by atoms with E-state index in [1.54, 1.807) is 0 Å². The molecule has 21 heavy (non-hydrogen) atoms. The Labute approximate surface area is 120 Å².